The third-order valence-corrected chi connectivity index (χ3v) is 3.69. The second kappa shape index (κ2) is 7.74. The number of thiocarbonyl (C=S) groups is 1. The molecular formula is C17H21N3S. The Labute approximate surface area is 131 Å². The van der Waals surface area contributed by atoms with Crippen LogP contribution in [-0.2, 0) is 12.8 Å². The molecule has 0 bridgehead atoms. The fourth-order valence-corrected chi connectivity index (χ4v) is 2.39. The molecule has 0 aliphatic carbocycles. The second-order valence-corrected chi connectivity index (χ2v) is 5.33. The third kappa shape index (κ3) is 4.53. The maximum atomic E-state index is 5.33. The zero-order valence-electron chi connectivity index (χ0n) is 12.5. The molecular weight excluding hydrogens is 278 g/mol. The van der Waals surface area contributed by atoms with Crippen molar-refractivity contribution in [2.45, 2.75) is 26.7 Å². The number of nitrogens with zero attached hydrogens (tertiary/aromatic N) is 1. The summed E-state index contributed by atoms with van der Waals surface area (Å²) in [5.41, 5.74) is 3.83. The van der Waals surface area contributed by atoms with Crippen molar-refractivity contribution < 1.29 is 0 Å². The molecule has 110 valence electrons. The van der Waals surface area contributed by atoms with Crippen LogP contribution in [0, 0.1) is 6.92 Å². The predicted molar refractivity (Wildman–Crippen MR) is 92.7 cm³/mol. The molecule has 2 aromatic rings. The van der Waals surface area contributed by atoms with Crippen molar-refractivity contribution in [3.63, 3.8) is 0 Å². The van der Waals surface area contributed by atoms with E-state index in [1.807, 2.05) is 6.07 Å². The highest BCUT2D eigenvalue weighted by atomic mass is 32.1. The van der Waals surface area contributed by atoms with Crippen LogP contribution >= 0.6 is 12.2 Å². The summed E-state index contributed by atoms with van der Waals surface area (Å²) in [5, 5.41) is 7.03. The molecule has 3 nitrogen and oxygen atoms in total. The number of pyridine rings is 1. The van der Waals surface area contributed by atoms with Gasteiger partial charge in [-0.3, -0.25) is 0 Å². The molecule has 1 aromatic heterocycles. The first-order valence-electron chi connectivity index (χ1n) is 7.24. The van der Waals surface area contributed by atoms with Crippen LogP contribution < -0.4 is 10.6 Å². The Balaban J connectivity index is 1.84. The lowest BCUT2D eigenvalue weighted by Crippen LogP contribution is -2.31. The molecule has 0 unspecified atom stereocenters. The van der Waals surface area contributed by atoms with E-state index in [1.165, 1.54) is 16.7 Å². The van der Waals surface area contributed by atoms with Crippen LogP contribution in [0.15, 0.2) is 42.6 Å². The number of hydrogen-bond acceptors (Lipinski definition) is 2. The van der Waals surface area contributed by atoms with Crippen molar-refractivity contribution in [3.05, 3.63) is 59.3 Å². The molecule has 0 spiro atoms. The average molecular weight is 299 g/mol. The van der Waals surface area contributed by atoms with Gasteiger partial charge in [0, 0.05) is 12.7 Å². The highest BCUT2D eigenvalue weighted by Crippen LogP contribution is 2.11. The minimum absolute atomic E-state index is 0.622. The highest BCUT2D eigenvalue weighted by Gasteiger charge is 2.03. The highest BCUT2D eigenvalue weighted by molar-refractivity contribution is 7.80. The van der Waals surface area contributed by atoms with E-state index in [-0.39, 0.29) is 0 Å². The van der Waals surface area contributed by atoms with Gasteiger partial charge in [-0.25, -0.2) is 4.98 Å². The lowest BCUT2D eigenvalue weighted by Gasteiger charge is -2.12. The third-order valence-electron chi connectivity index (χ3n) is 3.45. The lowest BCUT2D eigenvalue weighted by molar-refractivity contribution is 0.867. The standard InChI is InChI=1S/C17H21N3S/c1-3-14-9-6-11-18-16(14)20-17(21)19-12-10-15-8-5-4-7-13(15)2/h4-9,11H,3,10,12H2,1-2H3,(H2,18,19,20,21). The van der Waals surface area contributed by atoms with Gasteiger partial charge in [0.05, 0.1) is 0 Å². The molecule has 0 atom stereocenters. The Bertz CT molecular complexity index is 610. The number of benzene rings is 1. The zero-order chi connectivity index (χ0) is 15.1. The monoisotopic (exact) mass is 299 g/mol. The fraction of sp³-hybridized carbons (Fsp3) is 0.294. The topological polar surface area (TPSA) is 37.0 Å². The van der Waals surface area contributed by atoms with E-state index < -0.39 is 0 Å². The van der Waals surface area contributed by atoms with Crippen LogP contribution in [0.5, 0.6) is 0 Å². The summed E-state index contributed by atoms with van der Waals surface area (Å²) in [6.07, 6.45) is 3.66. The molecule has 0 aliphatic rings. The van der Waals surface area contributed by atoms with Crippen LogP contribution in [0.25, 0.3) is 0 Å². The Morgan fingerprint density at radius 3 is 2.67 bits per heavy atom. The second-order valence-electron chi connectivity index (χ2n) is 4.92. The van der Waals surface area contributed by atoms with Gasteiger partial charge in [0.15, 0.2) is 5.11 Å². The molecule has 0 saturated carbocycles. The quantitative estimate of drug-likeness (QED) is 0.829. The van der Waals surface area contributed by atoms with Crippen LogP contribution in [0.3, 0.4) is 0 Å². The van der Waals surface area contributed by atoms with Gasteiger partial charge in [0.2, 0.25) is 0 Å². The molecule has 4 heteroatoms. The normalized spacial score (nSPS) is 10.2. The number of rotatable bonds is 5. The molecule has 0 radical (unpaired) electrons. The van der Waals surface area contributed by atoms with Crippen molar-refractivity contribution in [2.24, 2.45) is 0 Å². The summed E-state index contributed by atoms with van der Waals surface area (Å²) in [7, 11) is 0. The molecule has 21 heavy (non-hydrogen) atoms. The summed E-state index contributed by atoms with van der Waals surface area (Å²) in [5.74, 6) is 0.841. The predicted octanol–water partition coefficient (Wildman–Crippen LogP) is 3.48. The van der Waals surface area contributed by atoms with E-state index >= 15 is 0 Å². The Morgan fingerprint density at radius 1 is 1.14 bits per heavy atom. The van der Waals surface area contributed by atoms with Crippen molar-refractivity contribution in [1.29, 1.82) is 0 Å². The van der Waals surface area contributed by atoms with Gasteiger partial charge in [-0.15, -0.1) is 0 Å². The van der Waals surface area contributed by atoms with Crippen molar-refractivity contribution >= 4 is 23.1 Å². The van der Waals surface area contributed by atoms with Crippen LogP contribution in [0.4, 0.5) is 5.82 Å². The van der Waals surface area contributed by atoms with Crippen LogP contribution in [0.1, 0.15) is 23.6 Å². The minimum atomic E-state index is 0.622. The fourth-order valence-electron chi connectivity index (χ4n) is 2.19. The zero-order valence-corrected chi connectivity index (χ0v) is 13.3. The van der Waals surface area contributed by atoms with Gasteiger partial charge in [-0.05, 0) is 54.7 Å². The minimum Gasteiger partial charge on any atom is -0.362 e. The number of nitrogens with one attached hydrogen (secondary N) is 2. The van der Waals surface area contributed by atoms with E-state index in [2.05, 4.69) is 59.8 Å². The van der Waals surface area contributed by atoms with Crippen molar-refractivity contribution in [3.8, 4) is 0 Å². The van der Waals surface area contributed by atoms with Gasteiger partial charge >= 0.3 is 0 Å². The summed E-state index contributed by atoms with van der Waals surface area (Å²) < 4.78 is 0. The smallest absolute Gasteiger partial charge is 0.171 e. The summed E-state index contributed by atoms with van der Waals surface area (Å²) >= 11 is 5.33. The van der Waals surface area contributed by atoms with E-state index in [4.69, 9.17) is 12.2 Å². The average Bonchev–Trinajstić information content (AvgIpc) is 2.50. The van der Waals surface area contributed by atoms with Gasteiger partial charge < -0.3 is 10.6 Å². The number of aromatic nitrogens is 1. The molecule has 0 saturated heterocycles. The van der Waals surface area contributed by atoms with Crippen LogP contribution in [0.2, 0.25) is 0 Å². The summed E-state index contributed by atoms with van der Waals surface area (Å²) in [6.45, 7) is 5.05. The molecule has 0 aliphatic heterocycles. The van der Waals surface area contributed by atoms with E-state index in [0.717, 1.165) is 25.2 Å². The summed E-state index contributed by atoms with van der Waals surface area (Å²) in [4.78, 5) is 4.33. The van der Waals surface area contributed by atoms with Crippen molar-refractivity contribution in [2.75, 3.05) is 11.9 Å². The van der Waals surface area contributed by atoms with E-state index in [1.54, 1.807) is 6.20 Å². The van der Waals surface area contributed by atoms with Gasteiger partial charge in [-0.1, -0.05) is 37.3 Å². The molecule has 0 fully saturated rings. The molecule has 1 aromatic carbocycles. The summed E-state index contributed by atoms with van der Waals surface area (Å²) in [6, 6.07) is 12.4. The first-order chi connectivity index (χ1) is 10.2. The maximum absolute atomic E-state index is 5.33. The Kier molecular flexibility index (Phi) is 5.69. The van der Waals surface area contributed by atoms with Crippen molar-refractivity contribution in [1.82, 2.24) is 10.3 Å². The molecule has 1 heterocycles. The molecule has 2 rings (SSSR count). The first kappa shape index (κ1) is 15.4. The largest absolute Gasteiger partial charge is 0.362 e. The maximum Gasteiger partial charge on any atom is 0.171 e. The van der Waals surface area contributed by atoms with Gasteiger partial charge in [-0.2, -0.15) is 0 Å². The number of anilines is 1. The van der Waals surface area contributed by atoms with Gasteiger partial charge in [0.25, 0.3) is 0 Å². The molecule has 2 N–H and O–H groups in total. The molecule has 0 amide bonds. The van der Waals surface area contributed by atoms with Gasteiger partial charge in [0.1, 0.15) is 5.82 Å². The lowest BCUT2D eigenvalue weighted by atomic mass is 10.1. The van der Waals surface area contributed by atoms with Crippen LogP contribution in [-0.4, -0.2) is 16.6 Å². The van der Waals surface area contributed by atoms with E-state index in [9.17, 15) is 0 Å². The SMILES string of the molecule is CCc1cccnc1NC(=S)NCCc1ccccc1C. The number of hydrogen-bond donors (Lipinski definition) is 2. The van der Waals surface area contributed by atoms with E-state index in [0.29, 0.717) is 5.11 Å². The number of aryl methyl sites for hydroxylation is 2. The Hall–Kier alpha value is -1.94. The first-order valence-corrected chi connectivity index (χ1v) is 7.64. The Morgan fingerprint density at radius 2 is 1.90 bits per heavy atom.